The minimum atomic E-state index is 0.429. The number of benzene rings is 1. The van der Waals surface area contributed by atoms with Crippen molar-refractivity contribution in [1.82, 2.24) is 15.0 Å². The molecule has 1 aromatic heterocycles. The molecule has 0 fully saturated rings. The summed E-state index contributed by atoms with van der Waals surface area (Å²) in [7, 11) is 0. The fourth-order valence-corrected chi connectivity index (χ4v) is 2.06. The van der Waals surface area contributed by atoms with Gasteiger partial charge in [0.1, 0.15) is 0 Å². The van der Waals surface area contributed by atoms with E-state index in [0.29, 0.717) is 13.1 Å². The molecule has 0 aliphatic heterocycles. The Morgan fingerprint density at radius 2 is 2.24 bits per heavy atom. The Hall–Kier alpha value is -1.39. The van der Waals surface area contributed by atoms with Gasteiger partial charge < -0.3 is 5.73 Å². The largest absolute Gasteiger partial charge is 0.325 e. The van der Waals surface area contributed by atoms with Crippen molar-refractivity contribution in [2.75, 3.05) is 0 Å². The number of hydrogen-bond donors (Lipinski definition) is 1. The van der Waals surface area contributed by atoms with Crippen molar-refractivity contribution >= 4 is 11.6 Å². The fourth-order valence-electron chi connectivity index (χ4n) is 1.85. The first-order valence-electron chi connectivity index (χ1n) is 5.60. The predicted octanol–water partition coefficient (Wildman–Crippen LogP) is 2.00. The van der Waals surface area contributed by atoms with Gasteiger partial charge in [-0.25, -0.2) is 4.68 Å². The molecule has 2 N–H and O–H groups in total. The van der Waals surface area contributed by atoms with Crippen molar-refractivity contribution in [3.05, 3.63) is 46.2 Å². The van der Waals surface area contributed by atoms with Gasteiger partial charge in [-0.05, 0) is 24.1 Å². The number of aromatic nitrogens is 3. The molecule has 5 heteroatoms. The average molecular weight is 251 g/mol. The summed E-state index contributed by atoms with van der Waals surface area (Å²) in [5.74, 6) is 0. The number of rotatable bonds is 4. The zero-order valence-corrected chi connectivity index (χ0v) is 10.5. The highest BCUT2D eigenvalue weighted by Crippen LogP contribution is 2.13. The molecule has 0 atom stereocenters. The lowest BCUT2D eigenvalue weighted by Crippen LogP contribution is -2.08. The summed E-state index contributed by atoms with van der Waals surface area (Å²) in [6.07, 6.45) is 0.875. The molecule has 0 amide bonds. The fraction of sp³-hybridized carbons (Fsp3) is 0.333. The van der Waals surface area contributed by atoms with Crippen LogP contribution in [0.4, 0.5) is 0 Å². The van der Waals surface area contributed by atoms with Crippen LogP contribution in [-0.2, 0) is 19.5 Å². The third-order valence-corrected chi connectivity index (χ3v) is 2.90. The third-order valence-electron chi connectivity index (χ3n) is 2.67. The zero-order valence-electron chi connectivity index (χ0n) is 9.73. The van der Waals surface area contributed by atoms with Crippen LogP contribution in [-0.4, -0.2) is 15.0 Å². The summed E-state index contributed by atoms with van der Waals surface area (Å²) in [5.41, 5.74) is 8.69. The van der Waals surface area contributed by atoms with Crippen LogP contribution in [0, 0.1) is 0 Å². The lowest BCUT2D eigenvalue weighted by Gasteiger charge is -2.06. The molecule has 0 saturated carbocycles. The Labute approximate surface area is 105 Å². The summed E-state index contributed by atoms with van der Waals surface area (Å²) in [6.45, 7) is 3.18. The van der Waals surface area contributed by atoms with E-state index in [9.17, 15) is 0 Å². The van der Waals surface area contributed by atoms with Gasteiger partial charge in [0.15, 0.2) is 0 Å². The van der Waals surface area contributed by atoms with Crippen molar-refractivity contribution in [2.24, 2.45) is 5.73 Å². The van der Waals surface area contributed by atoms with Gasteiger partial charge in [0.2, 0.25) is 0 Å². The molecule has 90 valence electrons. The van der Waals surface area contributed by atoms with E-state index in [1.165, 1.54) is 0 Å². The smallest absolute Gasteiger partial charge is 0.0994 e. The van der Waals surface area contributed by atoms with Crippen LogP contribution in [0.15, 0.2) is 24.3 Å². The third kappa shape index (κ3) is 2.65. The molecule has 1 heterocycles. The maximum atomic E-state index is 5.95. The first-order valence-corrected chi connectivity index (χ1v) is 5.98. The van der Waals surface area contributed by atoms with Gasteiger partial charge in [0.25, 0.3) is 0 Å². The molecular weight excluding hydrogens is 236 g/mol. The molecule has 17 heavy (non-hydrogen) atoms. The Morgan fingerprint density at radius 3 is 2.88 bits per heavy atom. The second-order valence-electron chi connectivity index (χ2n) is 3.83. The normalized spacial score (nSPS) is 10.8. The van der Waals surface area contributed by atoms with E-state index in [2.05, 4.69) is 17.2 Å². The van der Waals surface area contributed by atoms with Crippen molar-refractivity contribution in [3.63, 3.8) is 0 Å². The van der Waals surface area contributed by atoms with Gasteiger partial charge in [-0.3, -0.25) is 0 Å². The van der Waals surface area contributed by atoms with Crippen molar-refractivity contribution < 1.29 is 0 Å². The molecule has 2 rings (SSSR count). The van der Waals surface area contributed by atoms with Crippen molar-refractivity contribution in [3.8, 4) is 0 Å². The average Bonchev–Trinajstić information content (AvgIpc) is 2.71. The second kappa shape index (κ2) is 5.29. The summed E-state index contributed by atoms with van der Waals surface area (Å²) in [4.78, 5) is 0. The van der Waals surface area contributed by atoms with Crippen LogP contribution in [0.25, 0.3) is 0 Å². The van der Waals surface area contributed by atoms with E-state index < -0.39 is 0 Å². The summed E-state index contributed by atoms with van der Waals surface area (Å²) >= 11 is 5.95. The topological polar surface area (TPSA) is 56.7 Å². The van der Waals surface area contributed by atoms with Crippen LogP contribution in [0.2, 0.25) is 5.02 Å². The minimum absolute atomic E-state index is 0.429. The minimum Gasteiger partial charge on any atom is -0.325 e. The molecule has 1 aromatic carbocycles. The highest BCUT2D eigenvalue weighted by atomic mass is 35.5. The molecule has 0 spiro atoms. The van der Waals surface area contributed by atoms with Gasteiger partial charge in [0.05, 0.1) is 17.9 Å². The number of halogens is 1. The predicted molar refractivity (Wildman–Crippen MR) is 67.8 cm³/mol. The van der Waals surface area contributed by atoms with Gasteiger partial charge in [-0.15, -0.1) is 5.10 Å². The van der Waals surface area contributed by atoms with Crippen molar-refractivity contribution in [1.29, 1.82) is 0 Å². The van der Waals surface area contributed by atoms with E-state index in [0.717, 1.165) is 28.4 Å². The van der Waals surface area contributed by atoms with Gasteiger partial charge >= 0.3 is 0 Å². The van der Waals surface area contributed by atoms with E-state index in [-0.39, 0.29) is 0 Å². The van der Waals surface area contributed by atoms with Crippen LogP contribution >= 0.6 is 11.6 Å². The van der Waals surface area contributed by atoms with Crippen LogP contribution in [0.1, 0.15) is 23.9 Å². The molecule has 0 unspecified atom stereocenters. The van der Waals surface area contributed by atoms with E-state index in [1.807, 2.05) is 28.9 Å². The molecule has 2 aromatic rings. The van der Waals surface area contributed by atoms with Crippen LogP contribution in [0.5, 0.6) is 0 Å². The van der Waals surface area contributed by atoms with Crippen LogP contribution in [0.3, 0.4) is 0 Å². The quantitative estimate of drug-likeness (QED) is 0.903. The summed E-state index contributed by atoms with van der Waals surface area (Å²) < 4.78 is 1.88. The molecule has 4 nitrogen and oxygen atoms in total. The molecular formula is C12H15ClN4. The highest BCUT2D eigenvalue weighted by molar-refractivity contribution is 6.30. The molecule has 0 saturated heterocycles. The number of hydrogen-bond acceptors (Lipinski definition) is 3. The van der Waals surface area contributed by atoms with Crippen molar-refractivity contribution in [2.45, 2.75) is 26.4 Å². The number of nitrogens with zero attached hydrogens (tertiary/aromatic N) is 3. The maximum Gasteiger partial charge on any atom is 0.0994 e. The molecule has 0 aliphatic rings. The first kappa shape index (κ1) is 12.1. The lowest BCUT2D eigenvalue weighted by molar-refractivity contribution is 0.622. The zero-order chi connectivity index (χ0) is 12.3. The summed E-state index contributed by atoms with van der Waals surface area (Å²) in [6, 6.07) is 7.75. The Bertz CT molecular complexity index is 507. The van der Waals surface area contributed by atoms with Gasteiger partial charge in [-0.2, -0.15) is 0 Å². The van der Waals surface area contributed by atoms with Crippen LogP contribution < -0.4 is 5.73 Å². The Kier molecular flexibility index (Phi) is 3.76. The van der Waals surface area contributed by atoms with E-state index >= 15 is 0 Å². The van der Waals surface area contributed by atoms with E-state index in [1.54, 1.807) is 0 Å². The lowest BCUT2D eigenvalue weighted by atomic mass is 10.2. The molecule has 0 aliphatic carbocycles. The Balaban J connectivity index is 2.27. The standard InChI is InChI=1S/C12H15ClN4/c1-2-12-11(7-14)15-16-17(12)8-9-4-3-5-10(13)6-9/h3-6H,2,7-8,14H2,1H3. The summed E-state index contributed by atoms with van der Waals surface area (Å²) in [5, 5.41) is 8.94. The monoisotopic (exact) mass is 250 g/mol. The Morgan fingerprint density at radius 1 is 1.41 bits per heavy atom. The molecule has 0 bridgehead atoms. The van der Waals surface area contributed by atoms with Gasteiger partial charge in [-0.1, -0.05) is 35.9 Å². The SMILES string of the molecule is CCc1c(CN)nnn1Cc1cccc(Cl)c1. The second-order valence-corrected chi connectivity index (χ2v) is 4.26. The van der Waals surface area contributed by atoms with Gasteiger partial charge in [0, 0.05) is 11.6 Å². The first-order chi connectivity index (χ1) is 8.24. The maximum absolute atomic E-state index is 5.95. The highest BCUT2D eigenvalue weighted by Gasteiger charge is 2.09. The van der Waals surface area contributed by atoms with E-state index in [4.69, 9.17) is 17.3 Å². The number of nitrogens with two attached hydrogens (primary N) is 1. The molecule has 0 radical (unpaired) electrons.